The minimum atomic E-state index is -0.920. The summed E-state index contributed by atoms with van der Waals surface area (Å²) >= 11 is 0. The Morgan fingerprint density at radius 3 is 2.63 bits per heavy atom. The molecule has 0 saturated carbocycles. The average Bonchev–Trinajstić information content (AvgIpc) is 2.74. The molecular formula is C15H25NO3. The molecule has 0 fully saturated rings. The summed E-state index contributed by atoms with van der Waals surface area (Å²) in [7, 11) is 0. The topological polar surface area (TPSA) is 53.7 Å². The van der Waals surface area contributed by atoms with Crippen molar-refractivity contribution in [3.05, 3.63) is 23.2 Å². The molecule has 1 aromatic rings. The molecule has 1 aromatic heterocycles. The molecule has 1 unspecified atom stereocenters. The summed E-state index contributed by atoms with van der Waals surface area (Å²) in [5, 5.41) is 9.04. The van der Waals surface area contributed by atoms with Crippen molar-refractivity contribution in [2.75, 3.05) is 6.54 Å². The van der Waals surface area contributed by atoms with Crippen molar-refractivity contribution in [3.63, 3.8) is 0 Å². The van der Waals surface area contributed by atoms with Crippen LogP contribution in [0, 0.1) is 6.92 Å². The van der Waals surface area contributed by atoms with Crippen molar-refractivity contribution >= 4 is 5.97 Å². The van der Waals surface area contributed by atoms with Crippen molar-refractivity contribution in [2.24, 2.45) is 0 Å². The second kappa shape index (κ2) is 7.34. The second-order valence-corrected chi connectivity index (χ2v) is 5.07. The Labute approximate surface area is 115 Å². The van der Waals surface area contributed by atoms with E-state index >= 15 is 0 Å². The molecule has 0 aliphatic carbocycles. The summed E-state index contributed by atoms with van der Waals surface area (Å²) in [6, 6.07) is 2.13. The van der Waals surface area contributed by atoms with Gasteiger partial charge in [0.05, 0.1) is 6.54 Å². The van der Waals surface area contributed by atoms with Gasteiger partial charge in [0.15, 0.2) is 0 Å². The predicted octanol–water partition coefficient (Wildman–Crippen LogP) is 3.69. The minimum Gasteiger partial charge on any atom is -0.478 e. The van der Waals surface area contributed by atoms with E-state index in [4.69, 9.17) is 9.52 Å². The number of furan rings is 1. The van der Waals surface area contributed by atoms with E-state index in [1.54, 1.807) is 13.0 Å². The van der Waals surface area contributed by atoms with Crippen LogP contribution in [0.3, 0.4) is 0 Å². The fraction of sp³-hybridized carbons (Fsp3) is 0.667. The number of carboxylic acid groups (broad SMARTS) is 1. The van der Waals surface area contributed by atoms with Crippen LogP contribution in [0.25, 0.3) is 0 Å². The predicted molar refractivity (Wildman–Crippen MR) is 75.5 cm³/mol. The Morgan fingerprint density at radius 2 is 2.16 bits per heavy atom. The Balaban J connectivity index is 2.77. The quantitative estimate of drug-likeness (QED) is 0.780. The second-order valence-electron chi connectivity index (χ2n) is 5.07. The lowest BCUT2D eigenvalue weighted by Gasteiger charge is -2.27. The molecule has 1 atom stereocenters. The lowest BCUT2D eigenvalue weighted by Crippen LogP contribution is -2.32. The zero-order valence-electron chi connectivity index (χ0n) is 12.4. The normalized spacial score (nSPS) is 12.9. The zero-order chi connectivity index (χ0) is 14.4. The van der Waals surface area contributed by atoms with Crippen LogP contribution >= 0.6 is 0 Å². The van der Waals surface area contributed by atoms with Crippen LogP contribution in [-0.4, -0.2) is 28.6 Å². The molecule has 0 radical (unpaired) electrons. The van der Waals surface area contributed by atoms with Gasteiger partial charge in [0.1, 0.15) is 17.1 Å². The van der Waals surface area contributed by atoms with Gasteiger partial charge < -0.3 is 9.52 Å². The number of aryl methyl sites for hydroxylation is 1. The summed E-state index contributed by atoms with van der Waals surface area (Å²) in [5.74, 6) is 0.310. The summed E-state index contributed by atoms with van der Waals surface area (Å²) in [6.45, 7) is 9.95. The molecule has 0 aliphatic rings. The molecule has 19 heavy (non-hydrogen) atoms. The van der Waals surface area contributed by atoms with Gasteiger partial charge in [-0.3, -0.25) is 4.90 Å². The molecule has 0 spiro atoms. The Bertz CT molecular complexity index is 412. The fourth-order valence-electron chi connectivity index (χ4n) is 2.11. The first-order chi connectivity index (χ1) is 8.99. The van der Waals surface area contributed by atoms with Crippen molar-refractivity contribution in [1.29, 1.82) is 0 Å². The van der Waals surface area contributed by atoms with E-state index in [1.807, 2.05) is 0 Å². The van der Waals surface area contributed by atoms with Crippen LogP contribution in [-0.2, 0) is 6.54 Å². The smallest absolute Gasteiger partial charge is 0.339 e. The van der Waals surface area contributed by atoms with Crippen LogP contribution in [0.1, 0.15) is 61.9 Å². The van der Waals surface area contributed by atoms with E-state index < -0.39 is 5.97 Å². The number of rotatable bonds is 8. The number of hydrogen-bond donors (Lipinski definition) is 1. The van der Waals surface area contributed by atoms with Crippen LogP contribution < -0.4 is 0 Å². The maximum absolute atomic E-state index is 11.0. The van der Waals surface area contributed by atoms with E-state index in [-0.39, 0.29) is 5.56 Å². The molecule has 0 bridgehead atoms. The number of unbranched alkanes of at least 4 members (excludes halogenated alkanes) is 1. The first-order valence-corrected chi connectivity index (χ1v) is 7.06. The summed E-state index contributed by atoms with van der Waals surface area (Å²) < 4.78 is 5.56. The lowest BCUT2D eigenvalue weighted by molar-refractivity contribution is 0.0695. The maximum Gasteiger partial charge on any atom is 0.339 e. The molecule has 1 N–H and O–H groups in total. The standard InChI is InChI=1S/C15H25NO3/c1-5-7-8-16(11(3)6-2)10-13-9-14(15(17)18)12(4)19-13/h9,11H,5-8,10H2,1-4H3,(H,17,18). The molecular weight excluding hydrogens is 242 g/mol. The number of hydrogen-bond acceptors (Lipinski definition) is 3. The number of carboxylic acids is 1. The highest BCUT2D eigenvalue weighted by Crippen LogP contribution is 2.18. The largest absolute Gasteiger partial charge is 0.478 e. The molecule has 4 nitrogen and oxygen atoms in total. The van der Waals surface area contributed by atoms with E-state index in [0.717, 1.165) is 31.6 Å². The van der Waals surface area contributed by atoms with Gasteiger partial charge >= 0.3 is 5.97 Å². The van der Waals surface area contributed by atoms with Crippen molar-refractivity contribution in [1.82, 2.24) is 4.90 Å². The van der Waals surface area contributed by atoms with Crippen molar-refractivity contribution in [2.45, 2.75) is 59.5 Å². The molecule has 0 aromatic carbocycles. The molecule has 108 valence electrons. The van der Waals surface area contributed by atoms with Crippen LogP contribution in [0.15, 0.2) is 10.5 Å². The maximum atomic E-state index is 11.0. The molecule has 1 heterocycles. The summed E-state index contributed by atoms with van der Waals surface area (Å²) in [5.41, 5.74) is 0.273. The minimum absolute atomic E-state index is 0.273. The number of carbonyl (C=O) groups is 1. The van der Waals surface area contributed by atoms with Gasteiger partial charge in [-0.25, -0.2) is 4.79 Å². The SMILES string of the molecule is CCCCN(Cc1cc(C(=O)O)c(C)o1)C(C)CC. The molecule has 0 saturated heterocycles. The zero-order valence-corrected chi connectivity index (χ0v) is 12.4. The highest BCUT2D eigenvalue weighted by Gasteiger charge is 2.18. The van der Waals surface area contributed by atoms with Crippen LogP contribution in [0.5, 0.6) is 0 Å². The molecule has 1 rings (SSSR count). The van der Waals surface area contributed by atoms with Gasteiger partial charge in [-0.15, -0.1) is 0 Å². The van der Waals surface area contributed by atoms with Crippen molar-refractivity contribution in [3.8, 4) is 0 Å². The Hall–Kier alpha value is -1.29. The van der Waals surface area contributed by atoms with Gasteiger partial charge in [0, 0.05) is 6.04 Å². The van der Waals surface area contributed by atoms with Gasteiger partial charge in [0.2, 0.25) is 0 Å². The first kappa shape index (κ1) is 15.8. The lowest BCUT2D eigenvalue weighted by atomic mass is 10.2. The van der Waals surface area contributed by atoms with E-state index in [0.29, 0.717) is 18.3 Å². The van der Waals surface area contributed by atoms with E-state index in [2.05, 4.69) is 25.7 Å². The average molecular weight is 267 g/mol. The van der Waals surface area contributed by atoms with Gasteiger partial charge in [-0.1, -0.05) is 20.3 Å². The highest BCUT2D eigenvalue weighted by molar-refractivity contribution is 5.88. The Kier molecular flexibility index (Phi) is 6.09. The third-order valence-corrected chi connectivity index (χ3v) is 3.57. The van der Waals surface area contributed by atoms with Crippen LogP contribution in [0.4, 0.5) is 0 Å². The summed E-state index contributed by atoms with van der Waals surface area (Å²) in [6.07, 6.45) is 3.38. The van der Waals surface area contributed by atoms with Crippen LogP contribution in [0.2, 0.25) is 0 Å². The molecule has 4 heteroatoms. The number of aromatic carboxylic acids is 1. The third-order valence-electron chi connectivity index (χ3n) is 3.57. The van der Waals surface area contributed by atoms with Gasteiger partial charge in [-0.2, -0.15) is 0 Å². The van der Waals surface area contributed by atoms with Gasteiger partial charge in [-0.05, 0) is 39.3 Å². The van der Waals surface area contributed by atoms with Crippen molar-refractivity contribution < 1.29 is 14.3 Å². The third kappa shape index (κ3) is 4.39. The van der Waals surface area contributed by atoms with E-state index in [9.17, 15) is 4.79 Å². The monoisotopic (exact) mass is 267 g/mol. The Morgan fingerprint density at radius 1 is 1.47 bits per heavy atom. The highest BCUT2D eigenvalue weighted by atomic mass is 16.4. The molecule has 0 amide bonds. The van der Waals surface area contributed by atoms with E-state index in [1.165, 1.54) is 0 Å². The molecule has 0 aliphatic heterocycles. The van der Waals surface area contributed by atoms with Gasteiger partial charge in [0.25, 0.3) is 0 Å². The fourth-order valence-corrected chi connectivity index (χ4v) is 2.11. The summed E-state index contributed by atoms with van der Waals surface area (Å²) in [4.78, 5) is 13.4. The first-order valence-electron chi connectivity index (χ1n) is 7.06. The number of nitrogens with zero attached hydrogens (tertiary/aromatic N) is 1.